The van der Waals surface area contributed by atoms with Gasteiger partial charge in [0, 0.05) is 13.1 Å². The van der Waals surface area contributed by atoms with Crippen LogP contribution in [-0.2, 0) is 0 Å². The van der Waals surface area contributed by atoms with Crippen molar-refractivity contribution >= 4 is 22.5 Å². The number of halogens is 1. The van der Waals surface area contributed by atoms with Crippen LogP contribution in [0.2, 0.25) is 0 Å². The Balaban J connectivity index is 2.02. The van der Waals surface area contributed by atoms with Crippen molar-refractivity contribution in [3.63, 3.8) is 0 Å². The number of nitrogens with one attached hydrogen (secondary N) is 2. The van der Waals surface area contributed by atoms with Gasteiger partial charge in [-0.2, -0.15) is 4.68 Å². The van der Waals surface area contributed by atoms with E-state index in [1.807, 2.05) is 19.0 Å². The molecule has 2 N–H and O–H groups in total. The van der Waals surface area contributed by atoms with Crippen LogP contribution in [0.15, 0.2) is 53.3 Å². The number of hydrogen-bond acceptors (Lipinski definition) is 5. The molecule has 3 rings (SSSR count). The number of hydrogen-bond donors (Lipinski definition) is 2. The van der Waals surface area contributed by atoms with E-state index in [2.05, 4.69) is 15.7 Å². The van der Waals surface area contributed by atoms with Gasteiger partial charge in [0.2, 0.25) is 5.82 Å². The Kier molecular flexibility index (Phi) is 5.46. The zero-order chi connectivity index (χ0) is 19.4. The smallest absolute Gasteiger partial charge is 0.289 e. The highest BCUT2D eigenvalue weighted by Crippen LogP contribution is 2.11. The highest BCUT2D eigenvalue weighted by atomic mass is 19.1. The molecule has 2 aromatic carbocycles. The summed E-state index contributed by atoms with van der Waals surface area (Å²) in [6.45, 7) is 1.06. The summed E-state index contributed by atoms with van der Waals surface area (Å²) < 4.78 is 14.2. The van der Waals surface area contributed by atoms with E-state index in [-0.39, 0.29) is 5.82 Å². The van der Waals surface area contributed by atoms with Crippen LogP contribution >= 0.6 is 0 Å². The normalized spacial score (nSPS) is 11.0. The van der Waals surface area contributed by atoms with Gasteiger partial charge in [0.15, 0.2) is 0 Å². The molecule has 3 aromatic rings. The van der Waals surface area contributed by atoms with Gasteiger partial charge in [0.05, 0.1) is 16.6 Å². The van der Waals surface area contributed by atoms with Gasteiger partial charge < -0.3 is 10.2 Å². The van der Waals surface area contributed by atoms with E-state index in [4.69, 9.17) is 0 Å². The van der Waals surface area contributed by atoms with E-state index in [1.165, 1.54) is 24.3 Å². The molecule has 0 radical (unpaired) electrons. The van der Waals surface area contributed by atoms with Crippen LogP contribution in [0.4, 0.5) is 10.1 Å². The van der Waals surface area contributed by atoms with E-state index < -0.39 is 17.3 Å². The summed E-state index contributed by atoms with van der Waals surface area (Å²) in [4.78, 5) is 31.8. The standard InChI is InChI=1S/C19H20FN5O2/c1-24(2)12-11-21-18(26)17-22-16-6-4-3-5-15(16)19(27)25(17)23-14-9-7-13(20)8-10-14/h3-10,23H,11-12H2,1-2H3,(H,21,26). The summed E-state index contributed by atoms with van der Waals surface area (Å²) in [5.41, 5.74) is 3.31. The number of carbonyl (C=O) groups excluding carboxylic acids is 1. The molecule has 0 atom stereocenters. The quantitative estimate of drug-likeness (QED) is 0.691. The minimum atomic E-state index is -0.477. The fourth-order valence-corrected chi connectivity index (χ4v) is 2.51. The first-order valence-electron chi connectivity index (χ1n) is 8.43. The summed E-state index contributed by atoms with van der Waals surface area (Å²) in [6.07, 6.45) is 0. The van der Waals surface area contributed by atoms with Crippen LogP contribution in [0.1, 0.15) is 10.6 Å². The van der Waals surface area contributed by atoms with Crippen molar-refractivity contribution in [2.75, 3.05) is 32.6 Å². The number of rotatable bonds is 6. The van der Waals surface area contributed by atoms with Crippen molar-refractivity contribution in [1.29, 1.82) is 0 Å². The van der Waals surface area contributed by atoms with Gasteiger partial charge in [0.25, 0.3) is 11.5 Å². The lowest BCUT2D eigenvalue weighted by atomic mass is 10.2. The van der Waals surface area contributed by atoms with Crippen molar-refractivity contribution in [1.82, 2.24) is 19.9 Å². The van der Waals surface area contributed by atoms with Gasteiger partial charge in [-0.3, -0.25) is 15.0 Å². The van der Waals surface area contributed by atoms with Crippen molar-refractivity contribution in [3.8, 4) is 0 Å². The van der Waals surface area contributed by atoms with Crippen LogP contribution in [0, 0.1) is 5.82 Å². The highest BCUT2D eigenvalue weighted by Gasteiger charge is 2.17. The molecule has 8 heteroatoms. The van der Waals surface area contributed by atoms with Gasteiger partial charge in [0.1, 0.15) is 5.82 Å². The minimum Gasteiger partial charge on any atom is -0.348 e. The molecule has 7 nitrogen and oxygen atoms in total. The Hall–Kier alpha value is -3.26. The third-order valence-corrected chi connectivity index (χ3v) is 3.91. The largest absolute Gasteiger partial charge is 0.348 e. The lowest BCUT2D eigenvalue weighted by molar-refractivity contribution is 0.0937. The van der Waals surface area contributed by atoms with Gasteiger partial charge in [-0.1, -0.05) is 12.1 Å². The van der Waals surface area contributed by atoms with Crippen molar-refractivity contribution in [2.45, 2.75) is 0 Å². The minimum absolute atomic E-state index is 0.0678. The van der Waals surface area contributed by atoms with E-state index in [0.717, 1.165) is 4.68 Å². The molecule has 0 unspecified atom stereocenters. The van der Waals surface area contributed by atoms with Crippen LogP contribution in [0.5, 0.6) is 0 Å². The molecule has 0 bridgehead atoms. The lowest BCUT2D eigenvalue weighted by Gasteiger charge is -2.16. The predicted octanol–water partition coefficient (Wildman–Crippen LogP) is 1.70. The Morgan fingerprint density at radius 2 is 1.85 bits per heavy atom. The number of nitrogens with zero attached hydrogens (tertiary/aromatic N) is 3. The van der Waals surface area contributed by atoms with Crippen LogP contribution < -0.4 is 16.3 Å². The molecule has 0 aliphatic rings. The molecular weight excluding hydrogens is 349 g/mol. The fourth-order valence-electron chi connectivity index (χ4n) is 2.51. The zero-order valence-corrected chi connectivity index (χ0v) is 15.1. The van der Waals surface area contributed by atoms with E-state index in [9.17, 15) is 14.0 Å². The molecule has 0 spiro atoms. The molecule has 0 aliphatic heterocycles. The molecule has 140 valence electrons. The van der Waals surface area contributed by atoms with Crippen LogP contribution in [0.3, 0.4) is 0 Å². The first-order chi connectivity index (χ1) is 13.0. The number of aromatic nitrogens is 2. The second-order valence-corrected chi connectivity index (χ2v) is 6.27. The molecular formula is C19H20FN5O2. The zero-order valence-electron chi connectivity index (χ0n) is 15.1. The Labute approximate surface area is 155 Å². The molecule has 1 heterocycles. The summed E-state index contributed by atoms with van der Waals surface area (Å²) in [7, 11) is 3.79. The molecule has 0 saturated heterocycles. The molecule has 0 fully saturated rings. The number of likely N-dealkylation sites (N-methyl/N-ethyl adjacent to an activating group) is 1. The second kappa shape index (κ2) is 7.96. The fraction of sp³-hybridized carbons (Fsp3) is 0.211. The van der Waals surface area contributed by atoms with Gasteiger partial charge in [-0.15, -0.1) is 0 Å². The van der Waals surface area contributed by atoms with Crippen LogP contribution in [-0.4, -0.2) is 47.7 Å². The van der Waals surface area contributed by atoms with E-state index >= 15 is 0 Å². The Bertz CT molecular complexity index is 1010. The maximum absolute atomic E-state index is 13.1. The van der Waals surface area contributed by atoms with E-state index in [1.54, 1.807) is 24.3 Å². The summed E-state index contributed by atoms with van der Waals surface area (Å²) in [6, 6.07) is 12.3. The molecule has 0 saturated carbocycles. The van der Waals surface area contributed by atoms with Gasteiger partial charge >= 0.3 is 0 Å². The van der Waals surface area contributed by atoms with E-state index in [0.29, 0.717) is 29.7 Å². The molecule has 27 heavy (non-hydrogen) atoms. The number of carbonyl (C=O) groups is 1. The predicted molar refractivity (Wildman–Crippen MR) is 102 cm³/mol. The summed E-state index contributed by atoms with van der Waals surface area (Å²) in [5, 5.41) is 3.13. The maximum atomic E-state index is 13.1. The van der Waals surface area contributed by atoms with Gasteiger partial charge in [-0.25, -0.2) is 9.37 Å². The molecule has 0 aliphatic carbocycles. The molecule has 1 amide bonds. The van der Waals surface area contributed by atoms with Crippen molar-refractivity contribution in [3.05, 3.63) is 70.5 Å². The lowest BCUT2D eigenvalue weighted by Crippen LogP contribution is -2.39. The first kappa shape index (κ1) is 18.5. The topological polar surface area (TPSA) is 79.3 Å². The second-order valence-electron chi connectivity index (χ2n) is 6.27. The monoisotopic (exact) mass is 369 g/mol. The number of anilines is 1. The number of amides is 1. The SMILES string of the molecule is CN(C)CCNC(=O)c1nc2ccccc2c(=O)n1Nc1ccc(F)cc1. The average molecular weight is 369 g/mol. The molecule has 1 aromatic heterocycles. The van der Waals surface area contributed by atoms with Gasteiger partial charge in [-0.05, 0) is 50.5 Å². The third-order valence-electron chi connectivity index (χ3n) is 3.91. The average Bonchev–Trinajstić information content (AvgIpc) is 2.65. The first-order valence-corrected chi connectivity index (χ1v) is 8.43. The maximum Gasteiger partial charge on any atom is 0.289 e. The van der Waals surface area contributed by atoms with Crippen LogP contribution in [0.25, 0.3) is 10.9 Å². The van der Waals surface area contributed by atoms with Crippen molar-refractivity contribution < 1.29 is 9.18 Å². The number of benzene rings is 2. The number of fused-ring (bicyclic) bond motifs is 1. The highest BCUT2D eigenvalue weighted by molar-refractivity contribution is 5.93. The Morgan fingerprint density at radius 3 is 2.56 bits per heavy atom. The third kappa shape index (κ3) is 4.29. The number of para-hydroxylation sites is 1. The Morgan fingerprint density at radius 1 is 1.15 bits per heavy atom. The summed E-state index contributed by atoms with van der Waals surface area (Å²) in [5.74, 6) is -0.942. The van der Waals surface area contributed by atoms with Crippen molar-refractivity contribution in [2.24, 2.45) is 0 Å². The summed E-state index contributed by atoms with van der Waals surface area (Å²) >= 11 is 0.